The second-order valence-electron chi connectivity index (χ2n) is 3.43. The van der Waals surface area contributed by atoms with Gasteiger partial charge in [0.05, 0.1) is 0 Å². The van der Waals surface area contributed by atoms with Gasteiger partial charge in [-0.15, -0.1) is 0 Å². The quantitative estimate of drug-likeness (QED) is 0.536. The summed E-state index contributed by atoms with van der Waals surface area (Å²) in [6, 6.07) is 0.834. The molecular formula is C8H11N. The Morgan fingerprint density at radius 3 is 2.44 bits per heavy atom. The van der Waals surface area contributed by atoms with E-state index in [2.05, 4.69) is 12.4 Å². The van der Waals surface area contributed by atoms with Crippen molar-refractivity contribution in [1.29, 1.82) is 0 Å². The highest BCUT2D eigenvalue weighted by Crippen LogP contribution is 2.68. The maximum Gasteiger partial charge on any atom is 0.0391 e. The van der Waals surface area contributed by atoms with Crippen molar-refractivity contribution in [3.05, 3.63) is 11.1 Å². The number of hydrogen-bond donors (Lipinski definition) is 1. The molecule has 0 aromatic carbocycles. The minimum absolute atomic E-state index is 0.834. The van der Waals surface area contributed by atoms with Crippen LogP contribution in [-0.2, 0) is 0 Å². The highest BCUT2D eigenvalue weighted by Gasteiger charge is 2.64. The van der Waals surface area contributed by atoms with Gasteiger partial charge in [-0.3, -0.25) is 0 Å². The summed E-state index contributed by atoms with van der Waals surface area (Å²) in [7, 11) is 2.06. The molecule has 0 amide bonds. The molecule has 3 aliphatic carbocycles. The average Bonchev–Trinajstić information content (AvgIpc) is 2.65. The van der Waals surface area contributed by atoms with E-state index in [1.165, 1.54) is 12.8 Å². The molecule has 48 valence electrons. The maximum atomic E-state index is 3.29. The molecule has 2 fully saturated rings. The summed E-state index contributed by atoms with van der Waals surface area (Å²) in [4.78, 5) is 0. The Kier molecular flexibility index (Phi) is 0.552. The molecule has 2 saturated carbocycles. The molecule has 0 bridgehead atoms. The fraction of sp³-hybridized carbons (Fsp3) is 0.750. The first-order chi connectivity index (χ1) is 4.43. The molecule has 9 heavy (non-hydrogen) atoms. The first-order valence-corrected chi connectivity index (χ1v) is 3.84. The summed E-state index contributed by atoms with van der Waals surface area (Å²) in [5.74, 6) is 2.04. The maximum absolute atomic E-state index is 3.29. The molecule has 1 N–H and O–H groups in total. The summed E-state index contributed by atoms with van der Waals surface area (Å²) in [5.41, 5.74) is 3.62. The van der Waals surface area contributed by atoms with Crippen molar-refractivity contribution in [3.8, 4) is 0 Å². The van der Waals surface area contributed by atoms with Gasteiger partial charge >= 0.3 is 0 Å². The van der Waals surface area contributed by atoms with Crippen molar-refractivity contribution in [2.45, 2.75) is 18.9 Å². The van der Waals surface area contributed by atoms with Gasteiger partial charge in [-0.05, 0) is 31.4 Å². The van der Waals surface area contributed by atoms with Crippen LogP contribution in [0.4, 0.5) is 0 Å². The Morgan fingerprint density at radius 2 is 2.00 bits per heavy atom. The van der Waals surface area contributed by atoms with Gasteiger partial charge in [0.25, 0.3) is 0 Å². The summed E-state index contributed by atoms with van der Waals surface area (Å²) >= 11 is 0. The van der Waals surface area contributed by atoms with Gasteiger partial charge in [-0.2, -0.15) is 0 Å². The highest BCUT2D eigenvalue weighted by molar-refractivity contribution is 5.65. The van der Waals surface area contributed by atoms with Crippen molar-refractivity contribution in [1.82, 2.24) is 5.32 Å². The van der Waals surface area contributed by atoms with Crippen LogP contribution in [0, 0.1) is 11.8 Å². The van der Waals surface area contributed by atoms with Gasteiger partial charge in [0.1, 0.15) is 0 Å². The van der Waals surface area contributed by atoms with E-state index in [-0.39, 0.29) is 0 Å². The third kappa shape index (κ3) is 0.410. The standard InChI is InChI=1S/C8H11N/c1-9-8-6-5(7(6)8)4-2-3-4/h4,6,8-9H,2-3H2,1H3/t6?,8-/m1/s1. The minimum atomic E-state index is 0.834. The summed E-state index contributed by atoms with van der Waals surface area (Å²) in [6.07, 6.45) is 2.98. The number of likely N-dealkylation sites (N-methyl/N-ethyl adjacent to an activating group) is 1. The lowest BCUT2D eigenvalue weighted by Gasteiger charge is -1.99. The predicted molar refractivity (Wildman–Crippen MR) is 36.1 cm³/mol. The van der Waals surface area contributed by atoms with E-state index < -0.39 is 0 Å². The van der Waals surface area contributed by atoms with Crippen LogP contribution in [0.2, 0.25) is 0 Å². The van der Waals surface area contributed by atoms with Crippen LogP contribution >= 0.6 is 0 Å². The molecule has 3 aliphatic rings. The van der Waals surface area contributed by atoms with E-state index in [9.17, 15) is 0 Å². The normalized spacial score (nSPS) is 45.0. The van der Waals surface area contributed by atoms with Crippen LogP contribution in [-0.4, -0.2) is 13.1 Å². The van der Waals surface area contributed by atoms with Gasteiger partial charge in [-0.25, -0.2) is 0 Å². The zero-order chi connectivity index (χ0) is 6.01. The number of fused-ring (bicyclic) bond motifs is 1. The van der Waals surface area contributed by atoms with Crippen LogP contribution < -0.4 is 5.32 Å². The summed E-state index contributed by atoms with van der Waals surface area (Å²) in [6.45, 7) is 0. The number of nitrogens with one attached hydrogen (secondary N) is 1. The Hall–Kier alpha value is -0.300. The predicted octanol–water partition coefficient (Wildman–Crippen LogP) is 0.924. The molecule has 0 aliphatic heterocycles. The number of hydrogen-bond acceptors (Lipinski definition) is 1. The molecule has 0 radical (unpaired) electrons. The molecule has 0 heterocycles. The van der Waals surface area contributed by atoms with E-state index in [1.54, 1.807) is 5.57 Å². The largest absolute Gasteiger partial charge is 0.312 e. The first-order valence-electron chi connectivity index (χ1n) is 3.84. The molecule has 1 nitrogen and oxygen atoms in total. The fourth-order valence-corrected chi connectivity index (χ4v) is 2.01. The Balaban J connectivity index is 1.76. The third-order valence-corrected chi connectivity index (χ3v) is 2.81. The lowest BCUT2D eigenvalue weighted by atomic mass is 10.2. The van der Waals surface area contributed by atoms with E-state index in [4.69, 9.17) is 0 Å². The zero-order valence-electron chi connectivity index (χ0n) is 5.65. The van der Waals surface area contributed by atoms with Crippen molar-refractivity contribution >= 4 is 0 Å². The van der Waals surface area contributed by atoms with Crippen molar-refractivity contribution in [2.24, 2.45) is 11.8 Å². The molecule has 1 heteroatoms. The van der Waals surface area contributed by atoms with Crippen LogP contribution in [0.1, 0.15) is 12.8 Å². The minimum Gasteiger partial charge on any atom is -0.312 e. The Morgan fingerprint density at radius 1 is 1.33 bits per heavy atom. The Bertz CT molecular complexity index is 201. The van der Waals surface area contributed by atoms with Crippen LogP contribution in [0.15, 0.2) is 11.1 Å². The molecule has 1 unspecified atom stereocenters. The van der Waals surface area contributed by atoms with Gasteiger partial charge in [0.2, 0.25) is 0 Å². The molecule has 0 saturated heterocycles. The molecule has 0 spiro atoms. The zero-order valence-corrected chi connectivity index (χ0v) is 5.65. The van der Waals surface area contributed by atoms with Gasteiger partial charge < -0.3 is 5.32 Å². The highest BCUT2D eigenvalue weighted by atomic mass is 15.0. The van der Waals surface area contributed by atoms with E-state index in [1.807, 2.05) is 5.57 Å². The average molecular weight is 121 g/mol. The van der Waals surface area contributed by atoms with Crippen molar-refractivity contribution < 1.29 is 0 Å². The molecule has 0 aromatic heterocycles. The smallest absolute Gasteiger partial charge is 0.0391 e. The second kappa shape index (κ2) is 1.10. The molecule has 3 rings (SSSR count). The SMILES string of the molecule is CN[C@H]1C2=C(C3CC3)C21. The monoisotopic (exact) mass is 121 g/mol. The lowest BCUT2D eigenvalue weighted by Crippen LogP contribution is -2.15. The molecular weight excluding hydrogens is 110 g/mol. The number of rotatable bonds is 2. The van der Waals surface area contributed by atoms with Gasteiger partial charge in [-0.1, -0.05) is 5.57 Å². The third-order valence-electron chi connectivity index (χ3n) is 2.81. The first kappa shape index (κ1) is 4.51. The summed E-state index contributed by atoms with van der Waals surface area (Å²) < 4.78 is 0. The topological polar surface area (TPSA) is 12.0 Å². The fourth-order valence-electron chi connectivity index (χ4n) is 2.01. The second-order valence-corrected chi connectivity index (χ2v) is 3.43. The van der Waals surface area contributed by atoms with E-state index >= 15 is 0 Å². The summed E-state index contributed by atoms with van der Waals surface area (Å²) in [5, 5.41) is 3.29. The molecule has 0 aromatic rings. The van der Waals surface area contributed by atoms with Gasteiger partial charge in [0.15, 0.2) is 0 Å². The van der Waals surface area contributed by atoms with Crippen LogP contribution in [0.25, 0.3) is 0 Å². The van der Waals surface area contributed by atoms with Crippen LogP contribution in [0.3, 0.4) is 0 Å². The van der Waals surface area contributed by atoms with Crippen LogP contribution in [0.5, 0.6) is 0 Å². The van der Waals surface area contributed by atoms with E-state index in [0.29, 0.717) is 0 Å². The van der Waals surface area contributed by atoms with Gasteiger partial charge in [0, 0.05) is 12.0 Å². The lowest BCUT2D eigenvalue weighted by molar-refractivity contribution is 0.721. The Labute approximate surface area is 55.1 Å². The van der Waals surface area contributed by atoms with Crippen molar-refractivity contribution in [2.75, 3.05) is 7.05 Å². The van der Waals surface area contributed by atoms with E-state index in [0.717, 1.165) is 17.9 Å². The molecule has 2 atom stereocenters. The van der Waals surface area contributed by atoms with Crippen molar-refractivity contribution in [3.63, 3.8) is 0 Å².